The predicted molar refractivity (Wildman–Crippen MR) is 183 cm³/mol. The minimum Gasteiger partial charge on any atom is -0.444 e. The molecule has 5 rings (SSSR count). The van der Waals surface area contributed by atoms with E-state index >= 15 is 4.39 Å². The highest BCUT2D eigenvalue weighted by molar-refractivity contribution is 7.88. The van der Waals surface area contributed by atoms with Crippen molar-refractivity contribution in [3.05, 3.63) is 113 Å². The molecule has 1 heterocycles. The number of amides is 2. The third-order valence-electron chi connectivity index (χ3n) is 8.18. The number of rotatable bonds is 12. The topological polar surface area (TPSA) is 131 Å². The fraction of sp³-hybridized carbons (Fsp3) is 0.361. The minimum absolute atomic E-state index is 0.0406. The van der Waals surface area contributed by atoms with Gasteiger partial charge in [-0.15, -0.1) is 0 Å². The van der Waals surface area contributed by atoms with Crippen molar-refractivity contribution < 1.29 is 40.3 Å². The summed E-state index contributed by atoms with van der Waals surface area (Å²) in [5.41, 5.74) is -2.94. The second kappa shape index (κ2) is 14.5. The van der Waals surface area contributed by atoms with Gasteiger partial charge in [-0.1, -0.05) is 61.4 Å². The van der Waals surface area contributed by atoms with Crippen LogP contribution in [0.4, 0.5) is 28.0 Å². The summed E-state index contributed by atoms with van der Waals surface area (Å²) in [6.45, 7) is 5.04. The molecule has 1 saturated carbocycles. The Hall–Kier alpha value is -4.76. The van der Waals surface area contributed by atoms with Crippen LogP contribution in [0.5, 0.6) is 0 Å². The van der Waals surface area contributed by atoms with E-state index in [0.29, 0.717) is 41.5 Å². The molecule has 2 amide bonds. The first-order chi connectivity index (χ1) is 23.8. The maximum Gasteiger partial charge on any atom is 0.435 e. The average Bonchev–Trinajstić information content (AvgIpc) is 3.76. The van der Waals surface area contributed by atoms with E-state index in [4.69, 9.17) is 4.74 Å². The highest BCUT2D eigenvalue weighted by Crippen LogP contribution is 2.42. The Kier molecular flexibility index (Phi) is 10.6. The number of carbonyl (C=O) groups excluding carboxylic acids is 2. The molecule has 0 bridgehead atoms. The normalized spacial score (nSPS) is 14.8. The Morgan fingerprint density at radius 2 is 1.65 bits per heavy atom. The predicted octanol–water partition coefficient (Wildman–Crippen LogP) is 7.29. The molecule has 1 fully saturated rings. The number of alkyl halides is 3. The molecule has 1 aliphatic carbocycles. The monoisotopic (exact) mass is 729 g/mol. The highest BCUT2D eigenvalue weighted by atomic mass is 32.2. The summed E-state index contributed by atoms with van der Waals surface area (Å²) in [6.07, 6.45) is -1.59. The number of anilines is 1. The Labute approximate surface area is 293 Å². The summed E-state index contributed by atoms with van der Waals surface area (Å²) < 4.78 is 91.5. The molecule has 1 aliphatic rings. The van der Waals surface area contributed by atoms with Crippen LogP contribution in [0.25, 0.3) is 5.69 Å². The van der Waals surface area contributed by atoms with Gasteiger partial charge in [0.15, 0.2) is 5.69 Å². The Morgan fingerprint density at radius 1 is 0.941 bits per heavy atom. The van der Waals surface area contributed by atoms with Crippen molar-refractivity contribution in [2.24, 2.45) is 5.92 Å². The van der Waals surface area contributed by atoms with Crippen LogP contribution in [0, 0.1) is 11.7 Å². The van der Waals surface area contributed by atoms with Gasteiger partial charge in [-0.05, 0) is 80.5 Å². The summed E-state index contributed by atoms with van der Waals surface area (Å²) in [5.74, 6) is -1.59. The fourth-order valence-corrected chi connectivity index (χ4v) is 6.70. The van der Waals surface area contributed by atoms with Crippen LogP contribution in [-0.2, 0) is 33.0 Å². The number of hydrogen-bond acceptors (Lipinski definition) is 6. The fourth-order valence-electron chi connectivity index (χ4n) is 5.73. The van der Waals surface area contributed by atoms with Crippen molar-refractivity contribution in [1.82, 2.24) is 19.8 Å². The largest absolute Gasteiger partial charge is 0.444 e. The van der Waals surface area contributed by atoms with Crippen molar-refractivity contribution >= 4 is 27.7 Å². The molecule has 4 aromatic rings. The van der Waals surface area contributed by atoms with Crippen molar-refractivity contribution in [2.45, 2.75) is 70.3 Å². The van der Waals surface area contributed by atoms with Crippen LogP contribution >= 0.6 is 0 Å². The summed E-state index contributed by atoms with van der Waals surface area (Å²) in [4.78, 5) is 25.9. The molecule has 1 unspecified atom stereocenters. The van der Waals surface area contributed by atoms with Gasteiger partial charge in [0.05, 0.1) is 23.2 Å². The van der Waals surface area contributed by atoms with Crippen molar-refractivity contribution in [1.29, 1.82) is 0 Å². The molecule has 0 radical (unpaired) electrons. The van der Waals surface area contributed by atoms with Gasteiger partial charge in [-0.3, -0.25) is 4.79 Å². The third kappa shape index (κ3) is 9.73. The van der Waals surface area contributed by atoms with Crippen LogP contribution < -0.4 is 15.4 Å². The number of hydrogen-bond donors (Lipinski definition) is 3. The molecule has 51 heavy (non-hydrogen) atoms. The lowest BCUT2D eigenvalue weighted by Gasteiger charge is -2.36. The first-order valence-electron chi connectivity index (χ1n) is 16.2. The smallest absolute Gasteiger partial charge is 0.435 e. The van der Waals surface area contributed by atoms with E-state index in [-0.39, 0.29) is 17.9 Å². The standard InChI is InChI=1S/C36H39F4N5O5S/c1-34(2,3)50-33(47)41-22-24-9-8-12-27(19-24)45-30(21-31(43-45)36(38,39)40)32(46)42-29-20-26(15-16-28(29)37)35(44-51(4,48)49,18-17-23-13-14-23)25-10-6-5-7-11-25/h5-12,15-16,19-21,23,44H,13-14,17-18,22H2,1-4H3,(H,41,47)(H,42,46). The number of halogens is 4. The molecule has 1 aromatic heterocycles. The Balaban J connectivity index is 1.51. The minimum atomic E-state index is -4.92. The number of carbonyl (C=O) groups is 2. The number of sulfonamides is 1. The molecule has 0 saturated heterocycles. The van der Waals surface area contributed by atoms with Gasteiger partial charge in [0.2, 0.25) is 10.0 Å². The molecule has 3 N–H and O–H groups in total. The lowest BCUT2D eigenvalue weighted by molar-refractivity contribution is -0.141. The van der Waals surface area contributed by atoms with Gasteiger partial charge in [0.25, 0.3) is 5.91 Å². The first-order valence-corrected chi connectivity index (χ1v) is 18.1. The van der Waals surface area contributed by atoms with Crippen LogP contribution in [-0.4, -0.2) is 42.1 Å². The molecule has 0 aliphatic heterocycles. The molecule has 272 valence electrons. The van der Waals surface area contributed by atoms with E-state index in [9.17, 15) is 31.2 Å². The summed E-state index contributed by atoms with van der Waals surface area (Å²) >= 11 is 0. The average molecular weight is 730 g/mol. The van der Waals surface area contributed by atoms with E-state index < -0.39 is 56.5 Å². The molecule has 10 nitrogen and oxygen atoms in total. The third-order valence-corrected chi connectivity index (χ3v) is 8.90. The van der Waals surface area contributed by atoms with Crippen molar-refractivity contribution in [3.8, 4) is 5.69 Å². The molecule has 0 spiro atoms. The summed E-state index contributed by atoms with van der Waals surface area (Å²) in [6, 6.07) is 19.1. The molecule has 3 aromatic carbocycles. The van der Waals surface area contributed by atoms with Gasteiger partial charge in [0, 0.05) is 12.6 Å². The van der Waals surface area contributed by atoms with Crippen molar-refractivity contribution in [2.75, 3.05) is 11.6 Å². The van der Waals surface area contributed by atoms with Crippen LogP contribution in [0.15, 0.2) is 78.9 Å². The zero-order valence-corrected chi connectivity index (χ0v) is 29.3. The lowest BCUT2D eigenvalue weighted by Crippen LogP contribution is -2.46. The quantitative estimate of drug-likeness (QED) is 0.131. The molecular weight excluding hydrogens is 690 g/mol. The summed E-state index contributed by atoms with van der Waals surface area (Å²) in [5, 5.41) is 8.61. The number of benzene rings is 3. The van der Waals surface area contributed by atoms with E-state index in [2.05, 4.69) is 20.5 Å². The summed E-state index contributed by atoms with van der Waals surface area (Å²) in [7, 11) is -3.84. The number of ether oxygens (including phenoxy) is 1. The lowest BCUT2D eigenvalue weighted by atomic mass is 9.79. The van der Waals surface area contributed by atoms with E-state index in [1.54, 1.807) is 57.2 Å². The van der Waals surface area contributed by atoms with Gasteiger partial charge in [0.1, 0.15) is 17.1 Å². The van der Waals surface area contributed by atoms with Gasteiger partial charge < -0.3 is 15.4 Å². The van der Waals surface area contributed by atoms with Crippen LogP contribution in [0.2, 0.25) is 0 Å². The molecule has 1 atom stereocenters. The van der Waals surface area contributed by atoms with Gasteiger partial charge in [-0.25, -0.2) is 27.0 Å². The number of alkyl carbamates (subject to hydrolysis) is 1. The first kappa shape index (κ1) is 37.5. The van der Waals surface area contributed by atoms with E-state index in [1.165, 1.54) is 30.3 Å². The Morgan fingerprint density at radius 3 is 2.27 bits per heavy atom. The van der Waals surface area contributed by atoms with Gasteiger partial charge in [-0.2, -0.15) is 18.3 Å². The Bertz CT molecular complexity index is 2010. The van der Waals surface area contributed by atoms with E-state index in [0.717, 1.165) is 29.8 Å². The second-order valence-electron chi connectivity index (χ2n) is 13.6. The second-order valence-corrected chi connectivity index (χ2v) is 15.4. The highest BCUT2D eigenvalue weighted by Gasteiger charge is 2.40. The van der Waals surface area contributed by atoms with Crippen molar-refractivity contribution in [3.63, 3.8) is 0 Å². The van der Waals surface area contributed by atoms with E-state index in [1.807, 2.05) is 0 Å². The number of aromatic nitrogens is 2. The zero-order valence-electron chi connectivity index (χ0n) is 28.5. The number of nitrogens with zero attached hydrogens (tertiary/aromatic N) is 2. The van der Waals surface area contributed by atoms with Gasteiger partial charge >= 0.3 is 12.3 Å². The van der Waals surface area contributed by atoms with Crippen LogP contribution in [0.1, 0.15) is 79.3 Å². The maximum atomic E-state index is 15.4. The maximum absolute atomic E-state index is 15.4. The molecular formula is C36H39F4N5O5S. The SMILES string of the molecule is CC(C)(C)OC(=O)NCc1cccc(-n2nc(C(F)(F)F)cc2C(=O)Nc2cc(C(CCC3CC3)(NS(C)(=O)=O)c3ccccc3)ccc2F)c1. The number of nitrogens with one attached hydrogen (secondary N) is 3. The van der Waals surface area contributed by atoms with Crippen LogP contribution in [0.3, 0.4) is 0 Å². The zero-order chi connectivity index (χ0) is 37.2. The molecule has 15 heteroatoms.